The van der Waals surface area contributed by atoms with E-state index in [9.17, 15) is 9.59 Å². The maximum atomic E-state index is 11.9. The van der Waals surface area contributed by atoms with E-state index >= 15 is 0 Å². The summed E-state index contributed by atoms with van der Waals surface area (Å²) < 4.78 is 6.32. The minimum absolute atomic E-state index is 0.0171. The molecule has 6 heteroatoms. The van der Waals surface area contributed by atoms with Crippen LogP contribution in [0.4, 0.5) is 0 Å². The first-order chi connectivity index (χ1) is 10.1. The molecule has 0 unspecified atom stereocenters. The number of para-hydroxylation sites is 1. The summed E-state index contributed by atoms with van der Waals surface area (Å²) in [5, 5.41) is 13.3. The van der Waals surface area contributed by atoms with Crippen LogP contribution in [-0.2, 0) is 4.74 Å². The molecular formula is C15H14N2O4. The van der Waals surface area contributed by atoms with E-state index in [1.807, 2.05) is 0 Å². The zero-order valence-corrected chi connectivity index (χ0v) is 11.4. The van der Waals surface area contributed by atoms with Crippen molar-refractivity contribution in [3.63, 3.8) is 0 Å². The van der Waals surface area contributed by atoms with Gasteiger partial charge in [-0.1, -0.05) is 12.1 Å². The predicted molar refractivity (Wildman–Crippen MR) is 73.8 cm³/mol. The monoisotopic (exact) mass is 286 g/mol. The summed E-state index contributed by atoms with van der Waals surface area (Å²) >= 11 is 0. The van der Waals surface area contributed by atoms with Crippen LogP contribution in [0, 0.1) is 0 Å². The lowest BCUT2D eigenvalue weighted by molar-refractivity contribution is 0.0600. The second-order valence-corrected chi connectivity index (χ2v) is 4.95. The van der Waals surface area contributed by atoms with E-state index < -0.39 is 11.9 Å². The summed E-state index contributed by atoms with van der Waals surface area (Å²) in [6.07, 6.45) is 2.01. The lowest BCUT2D eigenvalue weighted by atomic mass is 10.1. The second-order valence-electron chi connectivity index (χ2n) is 4.95. The van der Waals surface area contributed by atoms with Gasteiger partial charge in [0.15, 0.2) is 5.69 Å². The van der Waals surface area contributed by atoms with E-state index in [1.54, 1.807) is 35.0 Å². The Morgan fingerprint density at radius 3 is 2.67 bits per heavy atom. The molecule has 1 aliphatic rings. The van der Waals surface area contributed by atoms with Crippen LogP contribution in [0.25, 0.3) is 5.69 Å². The fraction of sp³-hybridized carbons (Fsp3) is 0.267. The van der Waals surface area contributed by atoms with E-state index in [-0.39, 0.29) is 5.69 Å². The SMILES string of the molecule is COC(=O)c1ccccc1-n1nc(C(=O)O)cc1C1CC1. The maximum absolute atomic E-state index is 11.9. The minimum atomic E-state index is -1.08. The van der Waals surface area contributed by atoms with Gasteiger partial charge in [-0.05, 0) is 31.0 Å². The molecule has 0 amide bonds. The smallest absolute Gasteiger partial charge is 0.356 e. The number of hydrogen-bond donors (Lipinski definition) is 1. The second kappa shape index (κ2) is 5.05. The van der Waals surface area contributed by atoms with Crippen LogP contribution in [0.2, 0.25) is 0 Å². The molecule has 6 nitrogen and oxygen atoms in total. The number of carbonyl (C=O) groups is 2. The van der Waals surface area contributed by atoms with Gasteiger partial charge in [0.05, 0.1) is 18.4 Å². The zero-order chi connectivity index (χ0) is 15.0. The number of carboxylic acid groups (broad SMARTS) is 1. The van der Waals surface area contributed by atoms with Gasteiger partial charge < -0.3 is 9.84 Å². The van der Waals surface area contributed by atoms with Crippen LogP contribution < -0.4 is 0 Å². The molecule has 0 radical (unpaired) electrons. The number of esters is 1. The molecular weight excluding hydrogens is 272 g/mol. The van der Waals surface area contributed by atoms with Gasteiger partial charge in [-0.15, -0.1) is 0 Å². The standard InChI is InChI=1S/C15H14N2O4/c1-21-15(20)10-4-2-3-5-12(10)17-13(9-6-7-9)8-11(16-17)14(18)19/h2-5,8-9H,6-7H2,1H3,(H,18,19). The van der Waals surface area contributed by atoms with E-state index in [0.29, 0.717) is 17.2 Å². The normalized spacial score (nSPS) is 14.0. The Bertz CT molecular complexity index is 716. The van der Waals surface area contributed by atoms with Gasteiger partial charge in [0, 0.05) is 11.6 Å². The van der Waals surface area contributed by atoms with Gasteiger partial charge in [0.1, 0.15) is 0 Å². The van der Waals surface area contributed by atoms with Crippen molar-refractivity contribution in [2.24, 2.45) is 0 Å². The van der Waals surface area contributed by atoms with Crippen LogP contribution in [0.15, 0.2) is 30.3 Å². The Hall–Kier alpha value is -2.63. The van der Waals surface area contributed by atoms with Crippen molar-refractivity contribution in [2.45, 2.75) is 18.8 Å². The fourth-order valence-electron chi connectivity index (χ4n) is 2.30. The van der Waals surface area contributed by atoms with Crippen molar-refractivity contribution in [2.75, 3.05) is 7.11 Å². The lowest BCUT2D eigenvalue weighted by Gasteiger charge is -2.10. The average Bonchev–Trinajstić information content (AvgIpc) is 3.24. The number of aromatic nitrogens is 2. The van der Waals surface area contributed by atoms with Gasteiger partial charge >= 0.3 is 11.9 Å². The van der Waals surface area contributed by atoms with Crippen LogP contribution >= 0.6 is 0 Å². The van der Waals surface area contributed by atoms with E-state index in [1.165, 1.54) is 7.11 Å². The Labute approximate surface area is 121 Å². The summed E-state index contributed by atoms with van der Waals surface area (Å²) in [5.41, 5.74) is 1.71. The number of rotatable bonds is 4. The molecule has 1 fully saturated rings. The van der Waals surface area contributed by atoms with Crippen molar-refractivity contribution in [1.29, 1.82) is 0 Å². The molecule has 1 N–H and O–H groups in total. The van der Waals surface area contributed by atoms with E-state index in [0.717, 1.165) is 18.5 Å². The number of hydrogen-bond acceptors (Lipinski definition) is 4. The summed E-state index contributed by atoms with van der Waals surface area (Å²) in [6, 6.07) is 8.46. The molecule has 1 aromatic heterocycles. The van der Waals surface area contributed by atoms with Crippen molar-refractivity contribution >= 4 is 11.9 Å². The van der Waals surface area contributed by atoms with Crippen molar-refractivity contribution in [3.05, 3.63) is 47.3 Å². The van der Waals surface area contributed by atoms with Gasteiger partial charge in [0.2, 0.25) is 0 Å². The Morgan fingerprint density at radius 2 is 2.05 bits per heavy atom. The molecule has 2 aromatic rings. The third kappa shape index (κ3) is 2.40. The average molecular weight is 286 g/mol. The molecule has 0 spiro atoms. The molecule has 21 heavy (non-hydrogen) atoms. The highest BCUT2D eigenvalue weighted by Gasteiger charge is 2.30. The fourth-order valence-corrected chi connectivity index (χ4v) is 2.30. The quantitative estimate of drug-likeness (QED) is 0.872. The van der Waals surface area contributed by atoms with Crippen LogP contribution in [0.5, 0.6) is 0 Å². The molecule has 1 aromatic carbocycles. The Morgan fingerprint density at radius 1 is 1.33 bits per heavy atom. The summed E-state index contributed by atoms with van der Waals surface area (Å²) in [7, 11) is 1.31. The molecule has 1 aliphatic carbocycles. The van der Waals surface area contributed by atoms with E-state index in [2.05, 4.69) is 5.10 Å². The molecule has 1 heterocycles. The van der Waals surface area contributed by atoms with Crippen LogP contribution in [-0.4, -0.2) is 33.9 Å². The third-order valence-corrected chi connectivity index (χ3v) is 3.49. The number of aromatic carboxylic acids is 1. The number of ether oxygens (including phenoxy) is 1. The topological polar surface area (TPSA) is 81.4 Å². The zero-order valence-electron chi connectivity index (χ0n) is 11.4. The number of carbonyl (C=O) groups excluding carboxylic acids is 1. The Kier molecular flexibility index (Phi) is 3.21. The van der Waals surface area contributed by atoms with E-state index in [4.69, 9.17) is 9.84 Å². The van der Waals surface area contributed by atoms with Crippen molar-refractivity contribution < 1.29 is 19.4 Å². The first kappa shape index (κ1) is 13.4. The number of nitrogens with zero attached hydrogens (tertiary/aromatic N) is 2. The lowest BCUT2D eigenvalue weighted by Crippen LogP contribution is -2.11. The highest BCUT2D eigenvalue weighted by molar-refractivity contribution is 5.93. The molecule has 108 valence electrons. The maximum Gasteiger partial charge on any atom is 0.356 e. The largest absolute Gasteiger partial charge is 0.476 e. The summed E-state index contributed by atoms with van der Waals surface area (Å²) in [4.78, 5) is 23.0. The first-order valence-corrected chi connectivity index (χ1v) is 6.62. The van der Waals surface area contributed by atoms with Gasteiger partial charge in [-0.25, -0.2) is 14.3 Å². The van der Waals surface area contributed by atoms with Crippen molar-refractivity contribution in [1.82, 2.24) is 9.78 Å². The minimum Gasteiger partial charge on any atom is -0.476 e. The van der Waals surface area contributed by atoms with Crippen LogP contribution in [0.1, 0.15) is 45.3 Å². The van der Waals surface area contributed by atoms with Gasteiger partial charge in [0.25, 0.3) is 0 Å². The molecule has 0 bridgehead atoms. The highest BCUT2D eigenvalue weighted by atomic mass is 16.5. The molecule has 0 aliphatic heterocycles. The summed E-state index contributed by atoms with van der Waals surface area (Å²) in [6.45, 7) is 0. The van der Waals surface area contributed by atoms with Gasteiger partial charge in [-0.3, -0.25) is 0 Å². The molecule has 1 saturated carbocycles. The Balaban J connectivity index is 2.16. The number of benzene rings is 1. The van der Waals surface area contributed by atoms with Gasteiger partial charge in [-0.2, -0.15) is 5.10 Å². The number of carboxylic acids is 1. The highest BCUT2D eigenvalue weighted by Crippen LogP contribution is 2.41. The summed E-state index contributed by atoms with van der Waals surface area (Å²) in [5.74, 6) is -1.25. The van der Waals surface area contributed by atoms with Crippen LogP contribution in [0.3, 0.4) is 0 Å². The first-order valence-electron chi connectivity index (χ1n) is 6.62. The predicted octanol–water partition coefficient (Wildman–Crippen LogP) is 2.23. The third-order valence-electron chi connectivity index (χ3n) is 3.49. The van der Waals surface area contributed by atoms with Crippen molar-refractivity contribution in [3.8, 4) is 5.69 Å². The molecule has 0 saturated heterocycles. The molecule has 0 atom stereocenters. The molecule has 3 rings (SSSR count). The number of methoxy groups -OCH3 is 1.